The number of tetrazole rings is 1. The van der Waals surface area contributed by atoms with E-state index in [9.17, 15) is 0 Å². The van der Waals surface area contributed by atoms with Crippen LogP contribution in [0, 0.1) is 0 Å². The summed E-state index contributed by atoms with van der Waals surface area (Å²) in [6.07, 6.45) is 0. The summed E-state index contributed by atoms with van der Waals surface area (Å²) < 4.78 is 3.17. The Hall–Kier alpha value is -2.55. The molecule has 0 bridgehead atoms. The van der Waals surface area contributed by atoms with Gasteiger partial charge in [-0.25, -0.2) is 9.67 Å². The van der Waals surface area contributed by atoms with Crippen LogP contribution in [0.25, 0.3) is 10.2 Å². The van der Waals surface area contributed by atoms with Gasteiger partial charge in [0.05, 0.1) is 21.8 Å². The molecule has 166 valence electrons. The number of hydrogen-bond acceptors (Lipinski definition) is 7. The van der Waals surface area contributed by atoms with Gasteiger partial charge in [-0.1, -0.05) is 47.2 Å². The summed E-state index contributed by atoms with van der Waals surface area (Å²) in [7, 11) is 0. The molecule has 1 atom stereocenters. The van der Waals surface area contributed by atoms with Gasteiger partial charge < -0.3 is 4.90 Å². The van der Waals surface area contributed by atoms with E-state index in [4.69, 9.17) is 16.6 Å². The molecule has 2 aromatic heterocycles. The Bertz CT molecular complexity index is 1170. The first kappa shape index (κ1) is 21.3. The molecule has 0 saturated carbocycles. The molecular formula is C23H26ClN7S. The third-order valence-corrected chi connectivity index (χ3v) is 7.14. The molecule has 1 saturated heterocycles. The number of anilines is 1. The van der Waals surface area contributed by atoms with Crippen molar-refractivity contribution >= 4 is 38.3 Å². The first-order valence-electron chi connectivity index (χ1n) is 10.8. The zero-order valence-corrected chi connectivity index (χ0v) is 20.0. The van der Waals surface area contributed by atoms with E-state index in [1.54, 1.807) is 11.3 Å². The number of benzene rings is 2. The van der Waals surface area contributed by atoms with E-state index in [1.807, 2.05) is 22.9 Å². The lowest BCUT2D eigenvalue weighted by Crippen LogP contribution is -2.48. The summed E-state index contributed by atoms with van der Waals surface area (Å²) in [6.45, 7) is 9.95. The molecule has 9 heteroatoms. The summed E-state index contributed by atoms with van der Waals surface area (Å²) in [5.41, 5.74) is 1.99. The van der Waals surface area contributed by atoms with Crippen LogP contribution in [-0.2, 0) is 5.54 Å². The molecule has 0 aliphatic carbocycles. The van der Waals surface area contributed by atoms with Gasteiger partial charge in [0.25, 0.3) is 0 Å². The molecule has 0 radical (unpaired) electrons. The first-order chi connectivity index (χ1) is 15.4. The largest absolute Gasteiger partial charge is 0.345 e. The van der Waals surface area contributed by atoms with Crippen LogP contribution in [0.4, 0.5) is 5.13 Å². The van der Waals surface area contributed by atoms with Crippen LogP contribution in [-0.4, -0.2) is 56.3 Å². The molecule has 0 amide bonds. The van der Waals surface area contributed by atoms with Crippen molar-refractivity contribution in [2.75, 3.05) is 31.1 Å². The number of piperazine rings is 1. The van der Waals surface area contributed by atoms with Crippen molar-refractivity contribution < 1.29 is 0 Å². The Kier molecular flexibility index (Phi) is 5.61. The van der Waals surface area contributed by atoms with Gasteiger partial charge in [0.2, 0.25) is 0 Å². The highest BCUT2D eigenvalue weighted by Gasteiger charge is 2.33. The van der Waals surface area contributed by atoms with Crippen LogP contribution >= 0.6 is 22.9 Å². The predicted octanol–water partition coefficient (Wildman–Crippen LogP) is 4.60. The predicted molar refractivity (Wildman–Crippen MR) is 130 cm³/mol. The minimum Gasteiger partial charge on any atom is -0.345 e. The second-order valence-corrected chi connectivity index (χ2v) is 10.5. The molecule has 1 aliphatic rings. The van der Waals surface area contributed by atoms with Crippen LogP contribution < -0.4 is 4.90 Å². The average Bonchev–Trinajstić information content (AvgIpc) is 3.43. The Morgan fingerprint density at radius 3 is 2.38 bits per heavy atom. The van der Waals surface area contributed by atoms with Crippen molar-refractivity contribution in [1.29, 1.82) is 0 Å². The molecule has 7 nitrogen and oxygen atoms in total. The summed E-state index contributed by atoms with van der Waals surface area (Å²) in [5.74, 6) is 0.855. The highest BCUT2D eigenvalue weighted by atomic mass is 35.5. The fraction of sp³-hybridized carbons (Fsp3) is 0.391. The minimum absolute atomic E-state index is 0.0426. The maximum Gasteiger partial charge on any atom is 0.186 e. The molecule has 4 aromatic rings. The zero-order chi connectivity index (χ0) is 22.3. The van der Waals surface area contributed by atoms with Gasteiger partial charge in [0.1, 0.15) is 0 Å². The van der Waals surface area contributed by atoms with Gasteiger partial charge in [0.15, 0.2) is 11.0 Å². The second kappa shape index (κ2) is 8.42. The van der Waals surface area contributed by atoms with E-state index in [1.165, 1.54) is 4.70 Å². The van der Waals surface area contributed by atoms with Crippen LogP contribution in [0.5, 0.6) is 0 Å². The van der Waals surface area contributed by atoms with Gasteiger partial charge in [-0.3, -0.25) is 4.90 Å². The number of para-hydroxylation sites is 1. The smallest absolute Gasteiger partial charge is 0.186 e. The van der Waals surface area contributed by atoms with Crippen molar-refractivity contribution in [1.82, 2.24) is 30.1 Å². The van der Waals surface area contributed by atoms with Crippen LogP contribution in [0.2, 0.25) is 5.02 Å². The van der Waals surface area contributed by atoms with E-state index < -0.39 is 0 Å². The molecule has 1 aliphatic heterocycles. The number of rotatable bonds is 4. The fourth-order valence-corrected chi connectivity index (χ4v) is 5.32. The number of halogens is 1. The highest BCUT2D eigenvalue weighted by molar-refractivity contribution is 7.22. The van der Waals surface area contributed by atoms with E-state index >= 15 is 0 Å². The Balaban J connectivity index is 1.43. The number of fused-ring (bicyclic) bond motifs is 1. The van der Waals surface area contributed by atoms with Gasteiger partial charge in [-0.15, -0.1) is 5.10 Å². The number of aromatic nitrogens is 5. The van der Waals surface area contributed by atoms with Crippen molar-refractivity contribution in [3.63, 3.8) is 0 Å². The standard InChI is InChI=1S/C23H26ClN7S/c1-23(2,3)31-21(26-27-28-31)20(16-8-10-17(24)11-9-16)29-12-14-30(15-13-29)22-25-18-6-4-5-7-19(18)32-22/h4-11,20H,12-15H2,1-3H3/t20-/m0/s1. The lowest BCUT2D eigenvalue weighted by molar-refractivity contribution is 0.191. The van der Waals surface area contributed by atoms with E-state index in [0.29, 0.717) is 0 Å². The van der Waals surface area contributed by atoms with E-state index in [2.05, 4.69) is 76.4 Å². The average molecular weight is 468 g/mol. The summed E-state index contributed by atoms with van der Waals surface area (Å²) in [4.78, 5) is 9.69. The topological polar surface area (TPSA) is 63.0 Å². The summed E-state index contributed by atoms with van der Waals surface area (Å²) in [5, 5.41) is 14.6. The molecule has 0 unspecified atom stereocenters. The Labute approximate surface area is 196 Å². The van der Waals surface area contributed by atoms with Gasteiger partial charge in [0, 0.05) is 31.2 Å². The summed E-state index contributed by atoms with van der Waals surface area (Å²) in [6, 6.07) is 16.3. The third kappa shape index (κ3) is 4.10. The van der Waals surface area contributed by atoms with Crippen LogP contribution in [0.15, 0.2) is 48.5 Å². The lowest BCUT2D eigenvalue weighted by Gasteiger charge is -2.39. The molecule has 0 spiro atoms. The SMILES string of the molecule is CC(C)(C)n1nnnc1[C@H](c1ccc(Cl)cc1)N1CCN(c2nc3ccccc3s2)CC1. The van der Waals surface area contributed by atoms with Crippen molar-refractivity contribution in [2.24, 2.45) is 0 Å². The Morgan fingerprint density at radius 1 is 0.969 bits per heavy atom. The zero-order valence-electron chi connectivity index (χ0n) is 18.4. The Morgan fingerprint density at radius 2 is 1.69 bits per heavy atom. The molecule has 2 aromatic carbocycles. The van der Waals surface area contributed by atoms with E-state index in [-0.39, 0.29) is 11.6 Å². The van der Waals surface area contributed by atoms with Crippen molar-refractivity contribution in [3.05, 3.63) is 64.9 Å². The van der Waals surface area contributed by atoms with Gasteiger partial charge in [-0.05, 0) is 61.0 Å². The highest BCUT2D eigenvalue weighted by Crippen LogP contribution is 2.33. The van der Waals surface area contributed by atoms with E-state index in [0.717, 1.165) is 53.2 Å². The van der Waals surface area contributed by atoms with Gasteiger partial charge in [-0.2, -0.15) is 0 Å². The minimum atomic E-state index is -0.216. The first-order valence-corrected chi connectivity index (χ1v) is 12.0. The molecular weight excluding hydrogens is 442 g/mol. The number of hydrogen-bond donors (Lipinski definition) is 0. The molecule has 1 fully saturated rings. The maximum atomic E-state index is 6.18. The maximum absolute atomic E-state index is 6.18. The molecule has 5 rings (SSSR count). The second-order valence-electron chi connectivity index (χ2n) is 9.06. The monoisotopic (exact) mass is 467 g/mol. The number of thiazole rings is 1. The lowest BCUT2D eigenvalue weighted by atomic mass is 10.0. The third-order valence-electron chi connectivity index (χ3n) is 5.79. The molecule has 0 N–H and O–H groups in total. The fourth-order valence-electron chi connectivity index (χ4n) is 4.18. The quantitative estimate of drug-likeness (QED) is 0.437. The normalized spacial score (nSPS) is 16.6. The van der Waals surface area contributed by atoms with Gasteiger partial charge >= 0.3 is 0 Å². The number of nitrogens with zero attached hydrogens (tertiary/aromatic N) is 7. The van der Waals surface area contributed by atoms with Crippen LogP contribution in [0.3, 0.4) is 0 Å². The molecule has 32 heavy (non-hydrogen) atoms. The molecule has 3 heterocycles. The van der Waals surface area contributed by atoms with Crippen LogP contribution in [0.1, 0.15) is 38.2 Å². The summed E-state index contributed by atoms with van der Waals surface area (Å²) >= 11 is 7.94. The van der Waals surface area contributed by atoms with Crippen molar-refractivity contribution in [2.45, 2.75) is 32.4 Å². The van der Waals surface area contributed by atoms with Crippen molar-refractivity contribution in [3.8, 4) is 0 Å².